The van der Waals surface area contributed by atoms with E-state index in [2.05, 4.69) is 15.9 Å². The van der Waals surface area contributed by atoms with Crippen LogP contribution in [0, 0.1) is 0 Å². The molecule has 2 rings (SSSR count). The van der Waals surface area contributed by atoms with Gasteiger partial charge in [-0.05, 0) is 37.5 Å². The van der Waals surface area contributed by atoms with E-state index >= 15 is 0 Å². The molecule has 4 heteroatoms. The predicted octanol–water partition coefficient (Wildman–Crippen LogP) is 3.65. The fraction of sp³-hybridized carbons (Fsp3) is 0.417. The van der Waals surface area contributed by atoms with Gasteiger partial charge in [0.25, 0.3) is 0 Å². The molecule has 0 saturated heterocycles. The van der Waals surface area contributed by atoms with Gasteiger partial charge in [0.15, 0.2) is 0 Å². The standard InChI is InChI=1S/C12H14BrNO2/c1-8(9-2-4-10(13)5-3-9)14(12(15)16)11-6-7-11/h2-5,8,11H,6-7H2,1H3,(H,15,16). The van der Waals surface area contributed by atoms with Crippen molar-refractivity contribution in [3.63, 3.8) is 0 Å². The van der Waals surface area contributed by atoms with Crippen LogP contribution in [-0.2, 0) is 0 Å². The van der Waals surface area contributed by atoms with Crippen LogP contribution in [0.1, 0.15) is 31.4 Å². The van der Waals surface area contributed by atoms with Gasteiger partial charge in [-0.1, -0.05) is 28.1 Å². The lowest BCUT2D eigenvalue weighted by Gasteiger charge is -2.26. The van der Waals surface area contributed by atoms with Crippen molar-refractivity contribution in [1.29, 1.82) is 0 Å². The van der Waals surface area contributed by atoms with Crippen molar-refractivity contribution in [2.24, 2.45) is 0 Å². The van der Waals surface area contributed by atoms with E-state index in [-0.39, 0.29) is 12.1 Å². The van der Waals surface area contributed by atoms with Gasteiger partial charge in [0.05, 0.1) is 6.04 Å². The van der Waals surface area contributed by atoms with Gasteiger partial charge < -0.3 is 5.11 Å². The molecule has 1 aliphatic rings. The molecule has 1 amide bonds. The summed E-state index contributed by atoms with van der Waals surface area (Å²) in [5.74, 6) is 0. The molecule has 3 nitrogen and oxygen atoms in total. The highest BCUT2D eigenvalue weighted by molar-refractivity contribution is 9.10. The molecule has 0 heterocycles. The Labute approximate surface area is 103 Å². The molecule has 0 spiro atoms. The summed E-state index contributed by atoms with van der Waals surface area (Å²) >= 11 is 3.37. The number of hydrogen-bond donors (Lipinski definition) is 1. The van der Waals surface area contributed by atoms with Crippen LogP contribution in [0.25, 0.3) is 0 Å². The normalized spacial score (nSPS) is 16.9. The first-order valence-electron chi connectivity index (χ1n) is 5.36. The van der Waals surface area contributed by atoms with Crippen LogP contribution < -0.4 is 0 Å². The minimum Gasteiger partial charge on any atom is -0.465 e. The Bertz CT molecular complexity index is 387. The zero-order chi connectivity index (χ0) is 11.7. The SMILES string of the molecule is CC(c1ccc(Br)cc1)N(C(=O)O)C1CC1. The number of halogens is 1. The molecule has 0 bridgehead atoms. The first-order chi connectivity index (χ1) is 7.59. The zero-order valence-electron chi connectivity index (χ0n) is 9.06. The van der Waals surface area contributed by atoms with Gasteiger partial charge >= 0.3 is 6.09 Å². The van der Waals surface area contributed by atoms with Gasteiger partial charge in [0.2, 0.25) is 0 Å². The second-order valence-electron chi connectivity index (χ2n) is 4.15. The Morgan fingerprint density at radius 1 is 1.44 bits per heavy atom. The molecule has 1 atom stereocenters. The minimum atomic E-state index is -0.821. The maximum atomic E-state index is 11.2. The lowest BCUT2D eigenvalue weighted by molar-refractivity contribution is 0.124. The number of rotatable bonds is 3. The van der Waals surface area contributed by atoms with Gasteiger partial charge in [-0.15, -0.1) is 0 Å². The summed E-state index contributed by atoms with van der Waals surface area (Å²) in [7, 11) is 0. The van der Waals surface area contributed by atoms with E-state index in [4.69, 9.17) is 0 Å². The molecule has 0 aliphatic heterocycles. The van der Waals surface area contributed by atoms with Crippen LogP contribution in [0.2, 0.25) is 0 Å². The van der Waals surface area contributed by atoms with E-state index in [9.17, 15) is 9.90 Å². The van der Waals surface area contributed by atoms with Crippen LogP contribution in [-0.4, -0.2) is 22.1 Å². The third kappa shape index (κ3) is 2.38. The highest BCUT2D eigenvalue weighted by Crippen LogP contribution is 2.34. The fourth-order valence-electron chi connectivity index (χ4n) is 1.89. The summed E-state index contributed by atoms with van der Waals surface area (Å²) in [6.07, 6.45) is 1.17. The van der Waals surface area contributed by atoms with Crippen LogP contribution in [0.4, 0.5) is 4.79 Å². The topological polar surface area (TPSA) is 40.5 Å². The average Bonchev–Trinajstić information content (AvgIpc) is 3.02. The van der Waals surface area contributed by atoms with Gasteiger partial charge in [-0.3, -0.25) is 4.90 Å². The van der Waals surface area contributed by atoms with E-state index in [0.717, 1.165) is 22.9 Å². The van der Waals surface area contributed by atoms with Crippen molar-refractivity contribution in [3.05, 3.63) is 34.3 Å². The Kier molecular flexibility index (Phi) is 3.19. The molecule has 1 fully saturated rings. The molecule has 1 aromatic rings. The van der Waals surface area contributed by atoms with E-state index < -0.39 is 6.09 Å². The number of nitrogens with zero attached hydrogens (tertiary/aromatic N) is 1. The third-order valence-electron chi connectivity index (χ3n) is 2.93. The van der Waals surface area contributed by atoms with Crippen molar-refractivity contribution >= 4 is 22.0 Å². The molecule has 1 N–H and O–H groups in total. The smallest absolute Gasteiger partial charge is 0.408 e. The highest BCUT2D eigenvalue weighted by Gasteiger charge is 2.36. The Morgan fingerprint density at radius 3 is 2.44 bits per heavy atom. The molecule has 1 saturated carbocycles. The van der Waals surface area contributed by atoms with E-state index in [1.807, 2.05) is 31.2 Å². The summed E-state index contributed by atoms with van der Waals surface area (Å²) in [5.41, 5.74) is 1.04. The minimum absolute atomic E-state index is 0.0712. The first-order valence-corrected chi connectivity index (χ1v) is 6.15. The second kappa shape index (κ2) is 4.45. The van der Waals surface area contributed by atoms with Gasteiger partial charge in [0.1, 0.15) is 0 Å². The molecule has 16 heavy (non-hydrogen) atoms. The van der Waals surface area contributed by atoms with Crippen LogP contribution in [0.3, 0.4) is 0 Å². The Hall–Kier alpha value is -1.03. The highest BCUT2D eigenvalue weighted by atomic mass is 79.9. The number of carboxylic acid groups (broad SMARTS) is 1. The molecule has 0 radical (unpaired) electrons. The lowest BCUT2D eigenvalue weighted by Crippen LogP contribution is -2.34. The van der Waals surface area contributed by atoms with Crippen LogP contribution >= 0.6 is 15.9 Å². The molecule has 86 valence electrons. The Morgan fingerprint density at radius 2 is 2.00 bits per heavy atom. The average molecular weight is 284 g/mol. The summed E-state index contributed by atoms with van der Waals surface area (Å²) in [6.45, 7) is 1.94. The first kappa shape index (κ1) is 11.5. The van der Waals surface area contributed by atoms with Crippen molar-refractivity contribution in [3.8, 4) is 0 Å². The molecule has 0 aromatic heterocycles. The van der Waals surface area contributed by atoms with Crippen molar-refractivity contribution < 1.29 is 9.90 Å². The monoisotopic (exact) mass is 283 g/mol. The van der Waals surface area contributed by atoms with Crippen LogP contribution in [0.5, 0.6) is 0 Å². The number of carbonyl (C=O) groups is 1. The van der Waals surface area contributed by atoms with Gasteiger partial charge in [-0.2, -0.15) is 0 Å². The van der Waals surface area contributed by atoms with Crippen molar-refractivity contribution in [2.75, 3.05) is 0 Å². The fourth-order valence-corrected chi connectivity index (χ4v) is 2.16. The van der Waals surface area contributed by atoms with E-state index in [0.29, 0.717) is 0 Å². The van der Waals surface area contributed by atoms with Crippen LogP contribution in [0.15, 0.2) is 28.7 Å². The van der Waals surface area contributed by atoms with Crippen molar-refractivity contribution in [1.82, 2.24) is 4.90 Å². The summed E-state index contributed by atoms with van der Waals surface area (Å²) in [4.78, 5) is 12.7. The molecule has 1 aliphatic carbocycles. The number of benzene rings is 1. The third-order valence-corrected chi connectivity index (χ3v) is 3.46. The maximum absolute atomic E-state index is 11.2. The van der Waals surface area contributed by atoms with Gasteiger partial charge in [0, 0.05) is 10.5 Å². The van der Waals surface area contributed by atoms with Crippen molar-refractivity contribution in [2.45, 2.75) is 31.8 Å². The second-order valence-corrected chi connectivity index (χ2v) is 5.06. The largest absolute Gasteiger partial charge is 0.465 e. The van der Waals surface area contributed by atoms with Gasteiger partial charge in [-0.25, -0.2) is 4.79 Å². The Balaban J connectivity index is 2.18. The molecular weight excluding hydrogens is 270 g/mol. The quantitative estimate of drug-likeness (QED) is 0.920. The number of hydrogen-bond acceptors (Lipinski definition) is 1. The van der Waals surface area contributed by atoms with E-state index in [1.54, 1.807) is 4.90 Å². The lowest BCUT2D eigenvalue weighted by atomic mass is 10.1. The summed E-state index contributed by atoms with van der Waals surface area (Å²) in [5, 5.41) is 9.19. The summed E-state index contributed by atoms with van der Waals surface area (Å²) in [6, 6.07) is 7.96. The maximum Gasteiger partial charge on any atom is 0.408 e. The molecule has 1 aromatic carbocycles. The summed E-state index contributed by atoms with van der Waals surface area (Å²) < 4.78 is 1.01. The molecule has 1 unspecified atom stereocenters. The number of amides is 1. The zero-order valence-corrected chi connectivity index (χ0v) is 10.6. The predicted molar refractivity (Wildman–Crippen MR) is 65.4 cm³/mol. The van der Waals surface area contributed by atoms with E-state index in [1.165, 1.54) is 0 Å². The molecular formula is C12H14BrNO2.